The maximum Gasteiger partial charge on any atom is 0.434 e. The predicted octanol–water partition coefficient (Wildman–Crippen LogP) is 4.82. The smallest absolute Gasteiger partial charge is 0.434 e. The third-order valence-corrected chi connectivity index (χ3v) is 7.93. The number of aromatic nitrogens is 2. The summed E-state index contributed by atoms with van der Waals surface area (Å²) in [6, 6.07) is 5.43. The molecule has 0 bridgehead atoms. The Morgan fingerprint density at radius 3 is 2.29 bits per heavy atom. The molecular formula is C20H18F6N4O3S. The molecule has 1 aromatic heterocycles. The van der Waals surface area contributed by atoms with E-state index in [0.717, 1.165) is 0 Å². The third-order valence-electron chi connectivity index (χ3n) is 5.30. The van der Waals surface area contributed by atoms with Crippen molar-refractivity contribution in [1.82, 2.24) is 9.97 Å². The molecule has 0 radical (unpaired) electrons. The van der Waals surface area contributed by atoms with Crippen molar-refractivity contribution in [3.8, 4) is 5.88 Å². The number of halogens is 6. The summed E-state index contributed by atoms with van der Waals surface area (Å²) in [4.78, 5) is 7.49. The fraction of sp³-hybridized carbons (Fsp3) is 0.400. The molecule has 0 spiro atoms. The van der Waals surface area contributed by atoms with Crippen LogP contribution in [0.2, 0.25) is 0 Å². The van der Waals surface area contributed by atoms with Gasteiger partial charge in [-0.25, -0.2) is 9.19 Å². The molecule has 184 valence electrons. The van der Waals surface area contributed by atoms with E-state index in [1.807, 2.05) is 0 Å². The van der Waals surface area contributed by atoms with Gasteiger partial charge in [-0.3, -0.25) is 0 Å². The van der Waals surface area contributed by atoms with Gasteiger partial charge in [-0.05, 0) is 50.1 Å². The molecule has 7 nitrogen and oxygen atoms in total. The zero-order chi connectivity index (χ0) is 25.1. The van der Waals surface area contributed by atoms with Crippen molar-refractivity contribution in [3.05, 3.63) is 47.3 Å². The van der Waals surface area contributed by atoms with Gasteiger partial charge in [0.05, 0.1) is 21.1 Å². The minimum atomic E-state index is -4.80. The number of nitrogens with one attached hydrogen (secondary N) is 1. The second kappa shape index (κ2) is 8.12. The number of hydrogen-bond donors (Lipinski definition) is 2. The molecule has 1 fully saturated rings. The van der Waals surface area contributed by atoms with Crippen LogP contribution in [-0.4, -0.2) is 42.9 Å². The number of anilines is 2. The zero-order valence-corrected chi connectivity index (χ0v) is 18.4. The van der Waals surface area contributed by atoms with Crippen LogP contribution in [0.1, 0.15) is 25.8 Å². The molecule has 4 rings (SSSR count). The molecule has 2 aliphatic rings. The standard InChI is InChI=1S/C20H18F6N4O3S/c1-9(31)10(2)33-17-14(19(21,22)23)8-27-18(29-17)28-11-3-5-12(6-4-11)34(32)15-7-13(15)16(30-34)20(24,25)26/h3-6,8-10,15,31H,7H2,1-2H3,(H,27,28,29)/t9-,10-,15?,34+/m1/s1. The summed E-state index contributed by atoms with van der Waals surface area (Å²) >= 11 is 0. The van der Waals surface area contributed by atoms with Crippen molar-refractivity contribution in [2.45, 2.75) is 55.0 Å². The number of nitrogens with zero attached hydrogens (tertiary/aromatic N) is 3. The van der Waals surface area contributed by atoms with E-state index in [1.165, 1.54) is 38.1 Å². The molecule has 2 aromatic rings. The van der Waals surface area contributed by atoms with E-state index in [1.54, 1.807) is 0 Å². The van der Waals surface area contributed by atoms with E-state index in [9.17, 15) is 35.7 Å². The van der Waals surface area contributed by atoms with Crippen molar-refractivity contribution >= 4 is 21.4 Å². The van der Waals surface area contributed by atoms with Crippen molar-refractivity contribution in [2.24, 2.45) is 4.36 Å². The number of aliphatic hydroxyl groups is 1. The van der Waals surface area contributed by atoms with Crippen molar-refractivity contribution in [3.63, 3.8) is 0 Å². The van der Waals surface area contributed by atoms with E-state index >= 15 is 0 Å². The molecule has 2 N–H and O–H groups in total. The quantitative estimate of drug-likeness (QED) is 0.544. The first-order valence-electron chi connectivity index (χ1n) is 9.92. The van der Waals surface area contributed by atoms with Gasteiger partial charge in [-0.1, -0.05) is 0 Å². The van der Waals surface area contributed by atoms with E-state index in [2.05, 4.69) is 19.6 Å². The van der Waals surface area contributed by atoms with Gasteiger partial charge in [0.15, 0.2) is 5.70 Å². The van der Waals surface area contributed by atoms with E-state index in [4.69, 9.17) is 4.74 Å². The van der Waals surface area contributed by atoms with Gasteiger partial charge in [0.25, 0.3) is 0 Å². The molecule has 0 saturated heterocycles. The largest absolute Gasteiger partial charge is 0.471 e. The van der Waals surface area contributed by atoms with Crippen LogP contribution in [-0.2, 0) is 15.9 Å². The van der Waals surface area contributed by atoms with Crippen LogP contribution in [0, 0.1) is 0 Å². The van der Waals surface area contributed by atoms with Crippen LogP contribution < -0.4 is 10.1 Å². The maximum absolute atomic E-state index is 13.3. The van der Waals surface area contributed by atoms with Crippen LogP contribution in [0.4, 0.5) is 38.0 Å². The van der Waals surface area contributed by atoms with Crippen molar-refractivity contribution in [1.29, 1.82) is 0 Å². The molecule has 1 aromatic carbocycles. The second-order valence-corrected chi connectivity index (χ2v) is 10.2. The fourth-order valence-corrected chi connectivity index (χ4v) is 5.73. The molecule has 1 aliphatic heterocycles. The van der Waals surface area contributed by atoms with Gasteiger partial charge >= 0.3 is 12.4 Å². The summed E-state index contributed by atoms with van der Waals surface area (Å²) in [6.07, 6.45) is -10.9. The van der Waals surface area contributed by atoms with Crippen molar-refractivity contribution < 1.29 is 40.4 Å². The van der Waals surface area contributed by atoms with Gasteiger partial charge < -0.3 is 15.2 Å². The van der Waals surface area contributed by atoms with E-state index < -0.39 is 56.7 Å². The van der Waals surface area contributed by atoms with Gasteiger partial charge in [0, 0.05) is 16.8 Å². The first kappa shape index (κ1) is 24.3. The van der Waals surface area contributed by atoms with Gasteiger partial charge in [0.1, 0.15) is 11.7 Å². The van der Waals surface area contributed by atoms with E-state index in [-0.39, 0.29) is 28.5 Å². The van der Waals surface area contributed by atoms with Gasteiger partial charge in [-0.15, -0.1) is 0 Å². The summed E-state index contributed by atoms with van der Waals surface area (Å²) in [5.74, 6) is -1.04. The van der Waals surface area contributed by atoms with Crippen LogP contribution in [0.15, 0.2) is 51.0 Å². The molecule has 1 unspecified atom stereocenters. The number of fused-ring (bicyclic) bond motifs is 1. The maximum atomic E-state index is 13.3. The number of aliphatic hydroxyl groups excluding tert-OH is 1. The number of allylic oxidation sites excluding steroid dienone is 1. The summed E-state index contributed by atoms with van der Waals surface area (Å²) < 4.78 is 101. The highest BCUT2D eigenvalue weighted by Gasteiger charge is 2.54. The van der Waals surface area contributed by atoms with Crippen LogP contribution in [0.3, 0.4) is 0 Å². The second-order valence-electron chi connectivity index (χ2n) is 7.85. The Morgan fingerprint density at radius 2 is 1.76 bits per heavy atom. The lowest BCUT2D eigenvalue weighted by atomic mass is 10.2. The number of alkyl halides is 6. The predicted molar refractivity (Wildman–Crippen MR) is 109 cm³/mol. The average Bonchev–Trinajstić information content (AvgIpc) is 3.46. The summed E-state index contributed by atoms with van der Waals surface area (Å²) in [5, 5.41) is 11.4. The molecule has 14 heteroatoms. The lowest BCUT2D eigenvalue weighted by molar-refractivity contribution is -0.140. The Labute approximate surface area is 190 Å². The zero-order valence-electron chi connectivity index (χ0n) is 17.6. The summed E-state index contributed by atoms with van der Waals surface area (Å²) in [7, 11) is -3.31. The molecular weight excluding hydrogens is 490 g/mol. The lowest BCUT2D eigenvalue weighted by Gasteiger charge is -2.20. The Balaban J connectivity index is 1.57. The van der Waals surface area contributed by atoms with Crippen LogP contribution in [0.25, 0.3) is 0 Å². The lowest BCUT2D eigenvalue weighted by Crippen LogP contribution is -2.27. The Bertz CT molecular complexity index is 1260. The van der Waals surface area contributed by atoms with Crippen LogP contribution in [0.5, 0.6) is 5.88 Å². The molecule has 2 heterocycles. The molecule has 0 amide bonds. The Hall–Kier alpha value is -2.87. The van der Waals surface area contributed by atoms with Crippen LogP contribution >= 0.6 is 0 Å². The summed E-state index contributed by atoms with van der Waals surface area (Å²) in [6.45, 7) is 2.72. The fourth-order valence-electron chi connectivity index (χ4n) is 3.25. The first-order chi connectivity index (χ1) is 15.7. The van der Waals surface area contributed by atoms with Crippen molar-refractivity contribution in [2.75, 3.05) is 5.32 Å². The highest BCUT2D eigenvalue weighted by Crippen LogP contribution is 2.53. The highest BCUT2D eigenvalue weighted by atomic mass is 32.2. The minimum Gasteiger partial charge on any atom is -0.471 e. The Kier molecular flexibility index (Phi) is 5.79. The van der Waals surface area contributed by atoms with Gasteiger partial charge in [-0.2, -0.15) is 35.7 Å². The molecule has 4 atom stereocenters. The topological polar surface area (TPSA) is 96.7 Å². The Morgan fingerprint density at radius 1 is 1.12 bits per heavy atom. The average molecular weight is 508 g/mol. The first-order valence-corrected chi connectivity index (χ1v) is 11.5. The third kappa shape index (κ3) is 4.56. The minimum absolute atomic E-state index is 0.0387. The number of ether oxygens (including phenoxy) is 1. The summed E-state index contributed by atoms with van der Waals surface area (Å²) in [5.41, 5.74) is -1.99. The normalized spacial score (nSPS) is 23.7. The number of hydrogen-bond acceptors (Lipinski definition) is 7. The molecule has 1 aliphatic carbocycles. The monoisotopic (exact) mass is 508 g/mol. The van der Waals surface area contributed by atoms with E-state index in [0.29, 0.717) is 6.20 Å². The SMILES string of the molecule is C[C@@H](O)[C@@H](C)Oc1nc(Nc2ccc([S@@]3(=O)=NC(C(F)(F)F)=C4CC43)cc2)ncc1C(F)(F)F. The molecule has 34 heavy (non-hydrogen) atoms. The number of rotatable bonds is 6. The highest BCUT2D eigenvalue weighted by molar-refractivity contribution is 7.95. The number of benzene rings is 1. The molecule has 1 saturated carbocycles. The van der Waals surface area contributed by atoms with Gasteiger partial charge in [0.2, 0.25) is 11.8 Å².